The fraction of sp³-hybridized carbons (Fsp3) is 0.562. The van der Waals surface area contributed by atoms with Crippen molar-refractivity contribution in [2.75, 3.05) is 27.3 Å². The van der Waals surface area contributed by atoms with E-state index in [1.54, 1.807) is 32.4 Å². The lowest BCUT2D eigenvalue weighted by atomic mass is 10.1. The fourth-order valence-electron chi connectivity index (χ4n) is 1.93. The molecule has 0 heterocycles. The molecule has 0 aliphatic carbocycles. The third-order valence-electron chi connectivity index (χ3n) is 3.26. The number of nitrogens with zero attached hydrogens (tertiary/aromatic N) is 1. The Kier molecular flexibility index (Phi) is 10.7. The minimum Gasteiger partial charge on any atom is -0.497 e. The molecule has 0 radical (unpaired) electrons. The monoisotopic (exact) mass is 437 g/mol. The van der Waals surface area contributed by atoms with E-state index in [1.165, 1.54) is 0 Å². The van der Waals surface area contributed by atoms with Crippen molar-refractivity contribution in [1.82, 2.24) is 5.32 Å². The molecule has 1 rings (SSSR count). The van der Waals surface area contributed by atoms with Crippen molar-refractivity contribution >= 4 is 29.9 Å². The molecule has 0 spiro atoms. The predicted octanol–water partition coefficient (Wildman–Crippen LogP) is 2.31. The van der Waals surface area contributed by atoms with Crippen molar-refractivity contribution in [3.8, 4) is 11.5 Å². The molecule has 0 amide bonds. The van der Waals surface area contributed by atoms with Gasteiger partial charge in [-0.2, -0.15) is 0 Å². The molecule has 0 fully saturated rings. The number of aliphatic hydroxyl groups excluding tert-OH is 1. The van der Waals surface area contributed by atoms with Crippen LogP contribution in [0.2, 0.25) is 0 Å². The molecule has 4 N–H and O–H groups in total. The first-order valence-electron chi connectivity index (χ1n) is 7.41. The summed E-state index contributed by atoms with van der Waals surface area (Å²) in [5, 5.41) is 13.3. The maximum absolute atomic E-state index is 10.3. The summed E-state index contributed by atoms with van der Waals surface area (Å²) >= 11 is 0. The molecule has 6 nitrogen and oxygen atoms in total. The lowest BCUT2D eigenvalue weighted by molar-refractivity contribution is 0.182. The summed E-state index contributed by atoms with van der Waals surface area (Å²) in [5.74, 6) is 2.19. The highest BCUT2D eigenvalue weighted by molar-refractivity contribution is 14.0. The van der Waals surface area contributed by atoms with Gasteiger partial charge >= 0.3 is 0 Å². The van der Waals surface area contributed by atoms with Crippen LogP contribution in [0.15, 0.2) is 23.2 Å². The lowest BCUT2D eigenvalue weighted by Gasteiger charge is -2.15. The van der Waals surface area contributed by atoms with Crippen molar-refractivity contribution in [3.05, 3.63) is 23.8 Å². The quantitative estimate of drug-likeness (QED) is 0.330. The first-order chi connectivity index (χ1) is 10.5. The van der Waals surface area contributed by atoms with Gasteiger partial charge < -0.3 is 25.6 Å². The van der Waals surface area contributed by atoms with Crippen LogP contribution < -0.4 is 20.5 Å². The van der Waals surface area contributed by atoms with Gasteiger partial charge in [0.05, 0.1) is 20.8 Å². The number of rotatable bonds is 8. The molecule has 0 saturated heterocycles. The molecule has 1 unspecified atom stereocenters. The maximum Gasteiger partial charge on any atom is 0.188 e. The van der Waals surface area contributed by atoms with E-state index in [2.05, 4.69) is 24.2 Å². The zero-order chi connectivity index (χ0) is 16.5. The van der Waals surface area contributed by atoms with E-state index in [1.807, 2.05) is 0 Å². The Morgan fingerprint density at radius 2 is 2.00 bits per heavy atom. The second kappa shape index (κ2) is 11.3. The standard InChI is InChI=1S/C16H27N3O3.HI/c1-11(2)7-8-18-16(17)19-10-14(20)13-9-12(21-3)5-6-15(13)22-4;/h5-6,9,11,14,20H,7-8,10H2,1-4H3,(H3,17,18,19);1H. The van der Waals surface area contributed by atoms with Gasteiger partial charge in [-0.3, -0.25) is 4.99 Å². The second-order valence-corrected chi connectivity index (χ2v) is 5.46. The third kappa shape index (κ3) is 7.74. The Morgan fingerprint density at radius 3 is 2.57 bits per heavy atom. The average Bonchev–Trinajstić information content (AvgIpc) is 2.51. The van der Waals surface area contributed by atoms with Gasteiger partial charge in [0.15, 0.2) is 5.96 Å². The molecule has 23 heavy (non-hydrogen) atoms. The minimum atomic E-state index is -0.810. The summed E-state index contributed by atoms with van der Waals surface area (Å²) in [4.78, 5) is 4.17. The third-order valence-corrected chi connectivity index (χ3v) is 3.26. The lowest BCUT2D eigenvalue weighted by Crippen LogP contribution is -2.33. The van der Waals surface area contributed by atoms with Gasteiger partial charge in [-0.15, -0.1) is 24.0 Å². The number of guanidine groups is 1. The highest BCUT2D eigenvalue weighted by atomic mass is 127. The molecule has 0 aromatic heterocycles. The second-order valence-electron chi connectivity index (χ2n) is 5.46. The van der Waals surface area contributed by atoms with Crippen molar-refractivity contribution in [2.45, 2.75) is 26.4 Å². The van der Waals surface area contributed by atoms with Gasteiger partial charge in [-0.1, -0.05) is 13.8 Å². The van der Waals surface area contributed by atoms with E-state index in [4.69, 9.17) is 15.2 Å². The summed E-state index contributed by atoms with van der Waals surface area (Å²) in [6, 6.07) is 5.27. The number of ether oxygens (including phenoxy) is 2. The van der Waals surface area contributed by atoms with Crippen LogP contribution in [-0.2, 0) is 0 Å². The normalized spacial score (nSPS) is 12.5. The number of aliphatic imine (C=N–C) groups is 1. The summed E-state index contributed by atoms with van der Waals surface area (Å²) in [5.41, 5.74) is 6.41. The Balaban J connectivity index is 0.00000484. The smallest absolute Gasteiger partial charge is 0.188 e. The average molecular weight is 437 g/mol. The SMILES string of the molecule is COc1ccc(OC)c(C(O)CN=C(N)NCCC(C)C)c1.I. The Bertz CT molecular complexity index is 495. The van der Waals surface area contributed by atoms with Crippen LogP contribution in [0.5, 0.6) is 11.5 Å². The van der Waals surface area contributed by atoms with E-state index >= 15 is 0 Å². The Hall–Kier alpha value is -1.22. The van der Waals surface area contributed by atoms with Crippen LogP contribution in [0.4, 0.5) is 0 Å². The van der Waals surface area contributed by atoms with Crippen molar-refractivity contribution in [3.63, 3.8) is 0 Å². The summed E-state index contributed by atoms with van der Waals surface area (Å²) in [6.45, 7) is 5.22. The number of hydrogen-bond donors (Lipinski definition) is 3. The van der Waals surface area contributed by atoms with E-state index in [9.17, 15) is 5.11 Å². The molecule has 7 heteroatoms. The van der Waals surface area contributed by atoms with Gasteiger partial charge in [0.25, 0.3) is 0 Å². The number of nitrogens with one attached hydrogen (secondary N) is 1. The number of methoxy groups -OCH3 is 2. The fourth-order valence-corrected chi connectivity index (χ4v) is 1.93. The van der Waals surface area contributed by atoms with Crippen molar-refractivity contribution in [2.24, 2.45) is 16.6 Å². The number of halogens is 1. The number of benzene rings is 1. The highest BCUT2D eigenvalue weighted by Gasteiger charge is 2.14. The number of nitrogens with two attached hydrogens (primary N) is 1. The van der Waals surface area contributed by atoms with E-state index < -0.39 is 6.10 Å². The Morgan fingerprint density at radius 1 is 1.30 bits per heavy atom. The van der Waals surface area contributed by atoms with Crippen LogP contribution in [0, 0.1) is 5.92 Å². The number of aliphatic hydroxyl groups is 1. The van der Waals surface area contributed by atoms with E-state index in [0.29, 0.717) is 28.9 Å². The molecule has 0 aliphatic rings. The zero-order valence-corrected chi connectivity index (χ0v) is 16.5. The molecular formula is C16H28IN3O3. The van der Waals surface area contributed by atoms with Crippen LogP contribution in [0.1, 0.15) is 31.9 Å². The van der Waals surface area contributed by atoms with Crippen LogP contribution in [0.3, 0.4) is 0 Å². The summed E-state index contributed by atoms with van der Waals surface area (Å²) < 4.78 is 10.4. The minimum absolute atomic E-state index is 0. The highest BCUT2D eigenvalue weighted by Crippen LogP contribution is 2.29. The van der Waals surface area contributed by atoms with Crippen LogP contribution in [0.25, 0.3) is 0 Å². The van der Waals surface area contributed by atoms with Gasteiger partial charge in [0, 0.05) is 12.1 Å². The molecule has 0 saturated carbocycles. The largest absolute Gasteiger partial charge is 0.497 e. The number of hydrogen-bond acceptors (Lipinski definition) is 4. The Labute approximate surface area is 155 Å². The molecule has 132 valence electrons. The van der Waals surface area contributed by atoms with Crippen LogP contribution in [-0.4, -0.2) is 38.4 Å². The molecule has 0 bridgehead atoms. The van der Waals surface area contributed by atoms with Crippen molar-refractivity contribution < 1.29 is 14.6 Å². The van der Waals surface area contributed by atoms with E-state index in [0.717, 1.165) is 13.0 Å². The maximum atomic E-state index is 10.3. The van der Waals surface area contributed by atoms with Gasteiger partial charge in [-0.25, -0.2) is 0 Å². The topological polar surface area (TPSA) is 89.1 Å². The van der Waals surface area contributed by atoms with Gasteiger partial charge in [0.2, 0.25) is 0 Å². The van der Waals surface area contributed by atoms with Crippen molar-refractivity contribution in [1.29, 1.82) is 0 Å². The predicted molar refractivity (Wildman–Crippen MR) is 104 cm³/mol. The van der Waals surface area contributed by atoms with Crippen LogP contribution >= 0.6 is 24.0 Å². The zero-order valence-electron chi connectivity index (χ0n) is 14.2. The first-order valence-corrected chi connectivity index (χ1v) is 7.41. The molecular weight excluding hydrogens is 409 g/mol. The van der Waals surface area contributed by atoms with Gasteiger partial charge in [-0.05, 0) is 30.5 Å². The molecule has 1 aromatic rings. The molecule has 0 aliphatic heterocycles. The summed E-state index contributed by atoms with van der Waals surface area (Å²) in [6.07, 6.45) is 0.207. The van der Waals surface area contributed by atoms with Gasteiger partial charge in [0.1, 0.15) is 17.6 Å². The molecule has 1 aromatic carbocycles. The first kappa shape index (κ1) is 21.8. The molecule has 1 atom stereocenters. The summed E-state index contributed by atoms with van der Waals surface area (Å²) in [7, 11) is 3.13. The van der Waals surface area contributed by atoms with E-state index in [-0.39, 0.29) is 30.5 Å².